The molecule has 0 saturated carbocycles. The number of likely N-dealkylation sites (N-methyl/N-ethyl adjacent to an activating group) is 1. The van der Waals surface area contributed by atoms with Gasteiger partial charge in [0.1, 0.15) is 6.54 Å². The van der Waals surface area contributed by atoms with Crippen molar-refractivity contribution in [3.8, 4) is 0 Å². The average molecular weight is 298 g/mol. The van der Waals surface area contributed by atoms with Crippen molar-refractivity contribution in [2.45, 2.75) is 39.2 Å². The van der Waals surface area contributed by atoms with Crippen LogP contribution in [-0.2, 0) is 14.4 Å². The summed E-state index contributed by atoms with van der Waals surface area (Å²) in [6.07, 6.45) is 2.86. The van der Waals surface area contributed by atoms with Gasteiger partial charge >= 0.3 is 11.8 Å². The summed E-state index contributed by atoms with van der Waals surface area (Å²) in [5.41, 5.74) is 5.62. The topological polar surface area (TPSA) is 95.7 Å². The fourth-order valence-corrected chi connectivity index (χ4v) is 2.31. The minimum atomic E-state index is -0.601. The lowest BCUT2D eigenvalue weighted by molar-refractivity contribution is -0.156. The van der Waals surface area contributed by atoms with Gasteiger partial charge in [0, 0.05) is 32.2 Å². The number of nitrogens with two attached hydrogens (primary N) is 1. The molecule has 1 atom stereocenters. The van der Waals surface area contributed by atoms with Gasteiger partial charge in [-0.05, 0) is 13.3 Å². The number of hydrogen-bond acceptors (Lipinski definition) is 4. The van der Waals surface area contributed by atoms with Crippen LogP contribution in [0.2, 0.25) is 0 Å². The smallest absolute Gasteiger partial charge is 0.312 e. The van der Waals surface area contributed by atoms with Crippen LogP contribution in [0.25, 0.3) is 0 Å². The van der Waals surface area contributed by atoms with Crippen LogP contribution >= 0.6 is 0 Å². The number of amides is 3. The molecular formula is C14H26N4O3. The molecule has 0 bridgehead atoms. The number of piperazine rings is 1. The molecule has 0 aliphatic carbocycles. The van der Waals surface area contributed by atoms with E-state index in [0.717, 1.165) is 19.3 Å². The Morgan fingerprint density at radius 1 is 1.24 bits per heavy atom. The molecule has 0 aromatic heterocycles. The number of carbonyl (C=O) groups is 3. The molecule has 1 aliphatic rings. The van der Waals surface area contributed by atoms with Gasteiger partial charge in [0.05, 0.1) is 0 Å². The zero-order valence-electron chi connectivity index (χ0n) is 12.9. The van der Waals surface area contributed by atoms with Gasteiger partial charge in [-0.25, -0.2) is 0 Å². The number of nitrogens with one attached hydrogen (secondary N) is 1. The Bertz CT molecular complexity index is 386. The largest absolute Gasteiger partial charge is 0.351 e. The molecule has 7 nitrogen and oxygen atoms in total. The molecule has 3 amide bonds. The van der Waals surface area contributed by atoms with Crippen molar-refractivity contribution in [1.82, 2.24) is 15.1 Å². The Kier molecular flexibility index (Phi) is 7.14. The number of unbranched alkanes of at least 4 members (excludes halogenated alkanes) is 1. The van der Waals surface area contributed by atoms with Gasteiger partial charge < -0.3 is 20.9 Å². The highest BCUT2D eigenvalue weighted by atomic mass is 16.2. The second-order valence-corrected chi connectivity index (χ2v) is 5.25. The van der Waals surface area contributed by atoms with Crippen molar-refractivity contribution in [1.29, 1.82) is 0 Å². The number of carbonyl (C=O) groups excluding carboxylic acids is 3. The third kappa shape index (κ3) is 5.00. The predicted molar refractivity (Wildman–Crippen MR) is 79.3 cm³/mol. The van der Waals surface area contributed by atoms with E-state index >= 15 is 0 Å². The monoisotopic (exact) mass is 298 g/mol. The van der Waals surface area contributed by atoms with Gasteiger partial charge in [-0.2, -0.15) is 0 Å². The lowest BCUT2D eigenvalue weighted by atomic mass is 10.1. The van der Waals surface area contributed by atoms with Crippen LogP contribution in [0.4, 0.5) is 0 Å². The first kappa shape index (κ1) is 17.4. The second-order valence-electron chi connectivity index (χ2n) is 5.25. The van der Waals surface area contributed by atoms with Crippen molar-refractivity contribution in [2.24, 2.45) is 5.73 Å². The van der Waals surface area contributed by atoms with Crippen molar-refractivity contribution in [2.75, 3.05) is 32.7 Å². The third-order valence-corrected chi connectivity index (χ3v) is 3.67. The van der Waals surface area contributed by atoms with Crippen LogP contribution in [-0.4, -0.2) is 66.3 Å². The third-order valence-electron chi connectivity index (χ3n) is 3.67. The Balaban J connectivity index is 2.47. The summed E-state index contributed by atoms with van der Waals surface area (Å²) in [5.74, 6) is -1.39. The first-order chi connectivity index (χ1) is 10.0. The fourth-order valence-electron chi connectivity index (χ4n) is 2.31. The van der Waals surface area contributed by atoms with Crippen LogP contribution in [0.15, 0.2) is 0 Å². The normalized spacial score (nSPS) is 17.1. The molecular weight excluding hydrogens is 272 g/mol. The molecule has 3 N–H and O–H groups in total. The summed E-state index contributed by atoms with van der Waals surface area (Å²) in [7, 11) is 0. The minimum Gasteiger partial charge on any atom is -0.351 e. The van der Waals surface area contributed by atoms with E-state index in [1.54, 1.807) is 0 Å². The molecule has 0 aromatic rings. The maximum Gasteiger partial charge on any atom is 0.312 e. The molecule has 1 fully saturated rings. The lowest BCUT2D eigenvalue weighted by Gasteiger charge is -2.33. The molecule has 21 heavy (non-hydrogen) atoms. The van der Waals surface area contributed by atoms with Crippen LogP contribution in [0.1, 0.15) is 33.1 Å². The molecule has 0 radical (unpaired) electrons. The molecule has 1 rings (SSSR count). The average Bonchev–Trinajstić information content (AvgIpc) is 2.48. The summed E-state index contributed by atoms with van der Waals surface area (Å²) >= 11 is 0. The van der Waals surface area contributed by atoms with E-state index in [-0.39, 0.29) is 18.5 Å². The standard InChI is InChI=1S/C14H26N4O3/c1-3-5-6-11(9-15)16-12(19)10-18-8-7-17(4-2)13(20)14(18)21/h11H,3-10,15H2,1-2H3,(H,16,19). The molecule has 120 valence electrons. The Hall–Kier alpha value is -1.63. The Morgan fingerprint density at radius 2 is 1.86 bits per heavy atom. The highest BCUT2D eigenvalue weighted by Crippen LogP contribution is 2.05. The van der Waals surface area contributed by atoms with Crippen molar-refractivity contribution in [3.05, 3.63) is 0 Å². The zero-order valence-corrected chi connectivity index (χ0v) is 12.9. The lowest BCUT2D eigenvalue weighted by Crippen LogP contribution is -2.56. The number of rotatable bonds is 8. The molecule has 7 heteroatoms. The van der Waals surface area contributed by atoms with Gasteiger partial charge in [0.2, 0.25) is 5.91 Å². The molecule has 1 heterocycles. The van der Waals surface area contributed by atoms with E-state index in [1.165, 1.54) is 9.80 Å². The van der Waals surface area contributed by atoms with E-state index in [4.69, 9.17) is 5.73 Å². The van der Waals surface area contributed by atoms with Gasteiger partial charge in [0.25, 0.3) is 0 Å². The van der Waals surface area contributed by atoms with Gasteiger partial charge in [-0.15, -0.1) is 0 Å². The Labute approximate surface area is 125 Å². The van der Waals surface area contributed by atoms with Crippen LogP contribution in [0.3, 0.4) is 0 Å². The first-order valence-corrected chi connectivity index (χ1v) is 7.61. The maximum atomic E-state index is 12.0. The van der Waals surface area contributed by atoms with E-state index in [2.05, 4.69) is 12.2 Å². The van der Waals surface area contributed by atoms with Crippen LogP contribution < -0.4 is 11.1 Å². The van der Waals surface area contributed by atoms with Gasteiger partial charge in [0.15, 0.2) is 0 Å². The quantitative estimate of drug-likeness (QED) is 0.580. The zero-order chi connectivity index (χ0) is 15.8. The highest BCUT2D eigenvalue weighted by Gasteiger charge is 2.32. The molecule has 0 spiro atoms. The summed E-state index contributed by atoms with van der Waals surface area (Å²) in [6.45, 7) is 5.59. The number of nitrogens with zero attached hydrogens (tertiary/aromatic N) is 2. The highest BCUT2D eigenvalue weighted by molar-refractivity contribution is 6.35. The van der Waals surface area contributed by atoms with Crippen molar-refractivity contribution < 1.29 is 14.4 Å². The molecule has 1 aliphatic heterocycles. The Morgan fingerprint density at radius 3 is 2.43 bits per heavy atom. The van der Waals surface area contributed by atoms with E-state index < -0.39 is 11.8 Å². The van der Waals surface area contributed by atoms with E-state index in [1.807, 2.05) is 6.92 Å². The van der Waals surface area contributed by atoms with Gasteiger partial charge in [-0.3, -0.25) is 14.4 Å². The number of hydrogen-bond donors (Lipinski definition) is 2. The molecule has 1 unspecified atom stereocenters. The molecule has 0 aromatic carbocycles. The minimum absolute atomic E-state index is 0.0693. The molecule has 1 saturated heterocycles. The SMILES string of the molecule is CCCCC(CN)NC(=O)CN1CCN(CC)C(=O)C1=O. The fraction of sp³-hybridized carbons (Fsp3) is 0.786. The van der Waals surface area contributed by atoms with Gasteiger partial charge in [-0.1, -0.05) is 19.8 Å². The van der Waals surface area contributed by atoms with Crippen LogP contribution in [0.5, 0.6) is 0 Å². The summed E-state index contributed by atoms with van der Waals surface area (Å²) in [4.78, 5) is 38.4. The summed E-state index contributed by atoms with van der Waals surface area (Å²) < 4.78 is 0. The van der Waals surface area contributed by atoms with Crippen molar-refractivity contribution in [3.63, 3.8) is 0 Å². The van der Waals surface area contributed by atoms with E-state index in [9.17, 15) is 14.4 Å². The van der Waals surface area contributed by atoms with E-state index in [0.29, 0.717) is 26.2 Å². The predicted octanol–water partition coefficient (Wildman–Crippen LogP) is -0.689. The van der Waals surface area contributed by atoms with Crippen molar-refractivity contribution >= 4 is 17.7 Å². The maximum absolute atomic E-state index is 12.0. The summed E-state index contributed by atoms with van der Waals surface area (Å²) in [5, 5.41) is 2.83. The summed E-state index contributed by atoms with van der Waals surface area (Å²) in [6, 6.07) is -0.0693. The van der Waals surface area contributed by atoms with Crippen LogP contribution in [0, 0.1) is 0 Å². The second kappa shape index (κ2) is 8.61. The first-order valence-electron chi connectivity index (χ1n) is 7.61.